The number of ether oxygens (including phenoxy) is 1. The van der Waals surface area contributed by atoms with Crippen LogP contribution >= 0.6 is 11.6 Å². The molecule has 0 aliphatic heterocycles. The molecule has 2 N–H and O–H groups in total. The van der Waals surface area contributed by atoms with Crippen LogP contribution in [0.5, 0.6) is 0 Å². The van der Waals surface area contributed by atoms with Crippen molar-refractivity contribution in [2.75, 3.05) is 32.1 Å². The summed E-state index contributed by atoms with van der Waals surface area (Å²) in [5, 5.41) is 5.06. The van der Waals surface area contributed by atoms with Crippen LogP contribution in [-0.4, -0.2) is 32.7 Å². The topological polar surface area (TPSA) is 50.4 Å². The predicted octanol–water partition coefficient (Wildman–Crippen LogP) is 3.31. The lowest BCUT2D eigenvalue weighted by Gasteiger charge is -2.12. The number of hydrogen-bond acceptors (Lipinski definition) is 3. The molecule has 0 heterocycles. The largest absolute Gasteiger partial charge is 0.417 e. The molecule has 0 aliphatic rings. The number of rotatable bonds is 8. The molecule has 1 aromatic carbocycles. The minimum Gasteiger partial charge on any atom is -0.385 e. The van der Waals surface area contributed by atoms with Gasteiger partial charge in [0.2, 0.25) is 5.91 Å². The van der Waals surface area contributed by atoms with Gasteiger partial charge in [0, 0.05) is 32.4 Å². The molecule has 0 atom stereocenters. The zero-order chi connectivity index (χ0) is 16.6. The van der Waals surface area contributed by atoms with Gasteiger partial charge in [0.1, 0.15) is 0 Å². The first-order chi connectivity index (χ1) is 10.3. The summed E-state index contributed by atoms with van der Waals surface area (Å²) in [7, 11) is 1.61. The molecular weight excluding hydrogens is 321 g/mol. The fraction of sp³-hybridized carbons (Fsp3) is 0.500. The number of halogens is 4. The van der Waals surface area contributed by atoms with Gasteiger partial charge in [0.15, 0.2) is 0 Å². The maximum absolute atomic E-state index is 12.7. The zero-order valence-corrected chi connectivity index (χ0v) is 12.9. The lowest BCUT2D eigenvalue weighted by atomic mass is 10.2. The molecular formula is C14H18ClF3N2O2. The number of methoxy groups -OCH3 is 1. The van der Waals surface area contributed by atoms with Crippen molar-refractivity contribution < 1.29 is 22.7 Å². The first kappa shape index (κ1) is 18.7. The van der Waals surface area contributed by atoms with E-state index in [0.717, 1.165) is 18.6 Å². The smallest absolute Gasteiger partial charge is 0.385 e. The summed E-state index contributed by atoms with van der Waals surface area (Å²) in [5.41, 5.74) is -0.897. The standard InChI is InChI=1S/C14H18ClF3N2O2/c1-22-8-2-6-19-7-5-13(21)20-10-3-4-12(15)11(9-10)14(16,17)18/h3-4,9,19H,2,5-8H2,1H3,(H,20,21). The lowest BCUT2D eigenvalue weighted by molar-refractivity contribution is -0.137. The molecule has 0 saturated carbocycles. The average molecular weight is 339 g/mol. The Morgan fingerprint density at radius 2 is 2.05 bits per heavy atom. The van der Waals surface area contributed by atoms with Crippen LogP contribution in [0.2, 0.25) is 5.02 Å². The van der Waals surface area contributed by atoms with Crippen LogP contribution in [0.3, 0.4) is 0 Å². The van der Waals surface area contributed by atoms with Gasteiger partial charge in [0.25, 0.3) is 0 Å². The Morgan fingerprint density at radius 1 is 1.32 bits per heavy atom. The number of anilines is 1. The molecule has 4 nitrogen and oxygen atoms in total. The minimum atomic E-state index is -4.55. The lowest BCUT2D eigenvalue weighted by Crippen LogP contribution is -2.23. The Morgan fingerprint density at radius 3 is 2.68 bits per heavy atom. The summed E-state index contributed by atoms with van der Waals surface area (Å²) in [4.78, 5) is 11.7. The monoisotopic (exact) mass is 338 g/mol. The van der Waals surface area contributed by atoms with Crippen molar-refractivity contribution in [1.29, 1.82) is 0 Å². The maximum atomic E-state index is 12.7. The summed E-state index contributed by atoms with van der Waals surface area (Å²) in [6.07, 6.45) is -3.57. The molecule has 0 saturated heterocycles. The third kappa shape index (κ3) is 6.64. The molecule has 1 aromatic rings. The number of hydrogen-bond donors (Lipinski definition) is 2. The van der Waals surface area contributed by atoms with Gasteiger partial charge in [-0.3, -0.25) is 4.79 Å². The second kappa shape index (κ2) is 8.97. The summed E-state index contributed by atoms with van der Waals surface area (Å²) in [5.74, 6) is -0.366. The Hall–Kier alpha value is -1.31. The van der Waals surface area contributed by atoms with E-state index in [1.807, 2.05) is 0 Å². The van der Waals surface area contributed by atoms with Gasteiger partial charge in [-0.05, 0) is 31.2 Å². The van der Waals surface area contributed by atoms with Crippen molar-refractivity contribution in [2.24, 2.45) is 0 Å². The van der Waals surface area contributed by atoms with E-state index < -0.39 is 16.8 Å². The Balaban J connectivity index is 2.45. The van der Waals surface area contributed by atoms with Crippen molar-refractivity contribution in [1.82, 2.24) is 5.32 Å². The number of nitrogens with one attached hydrogen (secondary N) is 2. The van der Waals surface area contributed by atoms with Crippen LogP contribution in [0.25, 0.3) is 0 Å². The van der Waals surface area contributed by atoms with E-state index in [-0.39, 0.29) is 18.0 Å². The highest BCUT2D eigenvalue weighted by Crippen LogP contribution is 2.36. The van der Waals surface area contributed by atoms with E-state index in [9.17, 15) is 18.0 Å². The van der Waals surface area contributed by atoms with Gasteiger partial charge in [-0.2, -0.15) is 13.2 Å². The second-order valence-corrected chi connectivity index (χ2v) is 4.99. The normalized spacial score (nSPS) is 11.5. The summed E-state index contributed by atoms with van der Waals surface area (Å²) in [6, 6.07) is 3.27. The SMILES string of the molecule is COCCCNCCC(=O)Nc1ccc(Cl)c(C(F)(F)F)c1. The van der Waals surface area contributed by atoms with E-state index in [1.54, 1.807) is 7.11 Å². The maximum Gasteiger partial charge on any atom is 0.417 e. The molecule has 124 valence electrons. The fourth-order valence-electron chi connectivity index (χ4n) is 1.71. The van der Waals surface area contributed by atoms with Gasteiger partial charge in [0.05, 0.1) is 10.6 Å². The Bertz CT molecular complexity index is 495. The van der Waals surface area contributed by atoms with Gasteiger partial charge in [-0.15, -0.1) is 0 Å². The number of alkyl halides is 3. The van der Waals surface area contributed by atoms with E-state index in [0.29, 0.717) is 19.7 Å². The molecule has 0 unspecified atom stereocenters. The summed E-state index contributed by atoms with van der Waals surface area (Å²) in [6.45, 7) is 1.78. The van der Waals surface area contributed by atoms with Crippen LogP contribution in [0.15, 0.2) is 18.2 Å². The highest BCUT2D eigenvalue weighted by molar-refractivity contribution is 6.31. The second-order valence-electron chi connectivity index (χ2n) is 4.59. The molecule has 8 heteroatoms. The van der Waals surface area contributed by atoms with E-state index in [1.165, 1.54) is 6.07 Å². The Kier molecular flexibility index (Phi) is 7.64. The molecule has 22 heavy (non-hydrogen) atoms. The highest BCUT2D eigenvalue weighted by Gasteiger charge is 2.33. The van der Waals surface area contributed by atoms with Crippen LogP contribution in [-0.2, 0) is 15.7 Å². The number of amides is 1. The minimum absolute atomic E-state index is 0.0705. The first-order valence-electron chi connectivity index (χ1n) is 6.71. The molecule has 0 aromatic heterocycles. The van der Waals surface area contributed by atoms with Crippen molar-refractivity contribution >= 4 is 23.2 Å². The summed E-state index contributed by atoms with van der Waals surface area (Å²) >= 11 is 5.51. The molecule has 0 bridgehead atoms. The van der Waals surface area contributed by atoms with Gasteiger partial charge >= 0.3 is 6.18 Å². The van der Waals surface area contributed by atoms with Crippen molar-refractivity contribution in [3.63, 3.8) is 0 Å². The van der Waals surface area contributed by atoms with Crippen molar-refractivity contribution in [3.05, 3.63) is 28.8 Å². The Labute approximate surface area is 132 Å². The summed E-state index contributed by atoms with van der Waals surface area (Å²) < 4.78 is 43.0. The first-order valence-corrected chi connectivity index (χ1v) is 7.08. The van der Waals surface area contributed by atoms with Crippen LogP contribution in [0, 0.1) is 0 Å². The van der Waals surface area contributed by atoms with Gasteiger partial charge < -0.3 is 15.4 Å². The third-order valence-electron chi connectivity index (χ3n) is 2.79. The molecule has 0 aliphatic carbocycles. The fourth-order valence-corrected chi connectivity index (χ4v) is 1.94. The molecule has 1 rings (SSSR count). The third-order valence-corrected chi connectivity index (χ3v) is 3.12. The van der Waals surface area contributed by atoms with Gasteiger partial charge in [-0.1, -0.05) is 11.6 Å². The average Bonchev–Trinajstić information content (AvgIpc) is 2.43. The van der Waals surface area contributed by atoms with Crippen LogP contribution in [0.4, 0.5) is 18.9 Å². The van der Waals surface area contributed by atoms with Crippen LogP contribution in [0.1, 0.15) is 18.4 Å². The van der Waals surface area contributed by atoms with E-state index in [4.69, 9.17) is 16.3 Å². The number of benzene rings is 1. The van der Waals surface area contributed by atoms with E-state index >= 15 is 0 Å². The van der Waals surface area contributed by atoms with Crippen molar-refractivity contribution in [2.45, 2.75) is 19.0 Å². The number of carbonyl (C=O) groups is 1. The van der Waals surface area contributed by atoms with E-state index in [2.05, 4.69) is 10.6 Å². The molecule has 0 fully saturated rings. The molecule has 0 spiro atoms. The predicted molar refractivity (Wildman–Crippen MR) is 79.1 cm³/mol. The quantitative estimate of drug-likeness (QED) is 0.715. The molecule has 0 radical (unpaired) electrons. The molecule has 1 amide bonds. The highest BCUT2D eigenvalue weighted by atomic mass is 35.5. The van der Waals surface area contributed by atoms with Crippen LogP contribution < -0.4 is 10.6 Å². The van der Waals surface area contributed by atoms with Gasteiger partial charge in [-0.25, -0.2) is 0 Å². The zero-order valence-electron chi connectivity index (χ0n) is 12.1. The number of carbonyl (C=O) groups excluding carboxylic acids is 1. The van der Waals surface area contributed by atoms with Crippen molar-refractivity contribution in [3.8, 4) is 0 Å².